The van der Waals surface area contributed by atoms with Gasteiger partial charge in [-0.3, -0.25) is 9.36 Å². The topological polar surface area (TPSA) is 51.0 Å². The minimum absolute atomic E-state index is 0.127. The van der Waals surface area contributed by atoms with Gasteiger partial charge >= 0.3 is 6.18 Å². The van der Waals surface area contributed by atoms with Crippen molar-refractivity contribution in [2.75, 3.05) is 13.1 Å². The van der Waals surface area contributed by atoms with Crippen LogP contribution in [0.2, 0.25) is 0 Å². The van der Waals surface area contributed by atoms with E-state index in [-0.39, 0.29) is 29.5 Å². The smallest absolute Gasteiger partial charge is 0.335 e. The van der Waals surface area contributed by atoms with Crippen LogP contribution in [0.3, 0.4) is 0 Å². The second-order valence-corrected chi connectivity index (χ2v) is 8.85. The molecule has 1 saturated heterocycles. The Morgan fingerprint density at radius 2 is 1.77 bits per heavy atom. The van der Waals surface area contributed by atoms with Crippen LogP contribution in [0.4, 0.5) is 13.2 Å². The lowest BCUT2D eigenvalue weighted by atomic mass is 9.91. The molecule has 1 unspecified atom stereocenters. The number of nitrogens with zero attached hydrogens (tertiary/aromatic N) is 4. The molecule has 3 aliphatic rings. The predicted octanol–water partition coefficient (Wildman–Crippen LogP) is 4.55. The second-order valence-electron chi connectivity index (χ2n) is 8.37. The number of alkyl halides is 3. The number of benzene rings is 1. The molecule has 9 heteroatoms. The lowest BCUT2D eigenvalue weighted by Crippen LogP contribution is -2.32. The third kappa shape index (κ3) is 3.31. The van der Waals surface area contributed by atoms with E-state index in [0.29, 0.717) is 55.2 Å². The normalized spacial score (nSPS) is 25.8. The van der Waals surface area contributed by atoms with Crippen molar-refractivity contribution < 1.29 is 18.0 Å². The minimum Gasteiger partial charge on any atom is -0.335 e. The molecule has 2 aromatic rings. The molecule has 2 fully saturated rings. The summed E-state index contributed by atoms with van der Waals surface area (Å²) in [6.45, 7) is 1.07. The molecule has 1 aliphatic carbocycles. The van der Waals surface area contributed by atoms with Gasteiger partial charge in [-0.1, -0.05) is 29.8 Å². The van der Waals surface area contributed by atoms with E-state index in [4.69, 9.17) is 11.6 Å². The van der Waals surface area contributed by atoms with Crippen LogP contribution in [0.1, 0.15) is 52.8 Å². The first-order valence-electron chi connectivity index (χ1n) is 10.1. The third-order valence-electron chi connectivity index (χ3n) is 6.56. The zero-order valence-electron chi connectivity index (χ0n) is 16.1. The molecule has 1 amide bonds. The van der Waals surface area contributed by atoms with Crippen LogP contribution in [0.5, 0.6) is 0 Å². The number of aryl methyl sites for hydroxylation is 1. The van der Waals surface area contributed by atoms with Gasteiger partial charge in [-0.2, -0.15) is 13.2 Å². The first-order chi connectivity index (χ1) is 14.3. The van der Waals surface area contributed by atoms with Gasteiger partial charge in [0.1, 0.15) is 5.82 Å². The number of hydrogen-bond donors (Lipinski definition) is 0. The number of halogens is 4. The highest BCUT2D eigenvalue weighted by molar-refractivity contribution is 6.31. The number of fused-ring (bicyclic) bond motifs is 2. The summed E-state index contributed by atoms with van der Waals surface area (Å²) in [5, 5.41) is 8.81. The average molecular weight is 437 g/mol. The molecule has 0 N–H and O–H groups in total. The Kier molecular flexibility index (Phi) is 4.65. The number of rotatable bonds is 2. The highest BCUT2D eigenvalue weighted by Gasteiger charge is 2.45. The largest absolute Gasteiger partial charge is 0.416 e. The zero-order chi connectivity index (χ0) is 21.0. The first-order valence-corrected chi connectivity index (χ1v) is 10.4. The molecule has 1 aromatic heterocycles. The molecule has 158 valence electrons. The SMILES string of the molecule is O=C(c1nnc2n1C=C(Cl)CC2)N1C[C@H]2CC(c3ccccc3C(F)(F)F)C[C@H]2C1. The van der Waals surface area contributed by atoms with Gasteiger partial charge in [0, 0.05) is 30.7 Å². The van der Waals surface area contributed by atoms with Gasteiger partial charge in [0.2, 0.25) is 5.82 Å². The average Bonchev–Trinajstić information content (AvgIpc) is 3.39. The van der Waals surface area contributed by atoms with Gasteiger partial charge in [0.25, 0.3) is 5.91 Å². The standard InChI is InChI=1S/C21H20ClF3N4O/c22-15-5-6-18-26-27-19(29(18)11-15)20(30)28-9-13-7-12(8-14(13)10-28)16-3-1-2-4-17(16)21(23,24)25/h1-4,11-14H,5-10H2/t12?,13-,14+. The lowest BCUT2D eigenvalue weighted by Gasteiger charge is -2.21. The molecule has 0 bridgehead atoms. The van der Waals surface area contributed by atoms with Crippen LogP contribution < -0.4 is 0 Å². The Morgan fingerprint density at radius 1 is 1.07 bits per heavy atom. The molecular weight excluding hydrogens is 417 g/mol. The summed E-state index contributed by atoms with van der Waals surface area (Å²) in [4.78, 5) is 14.8. The number of aromatic nitrogens is 3. The number of carbonyl (C=O) groups is 1. The lowest BCUT2D eigenvalue weighted by molar-refractivity contribution is -0.138. The zero-order valence-corrected chi connectivity index (χ0v) is 16.8. The molecule has 30 heavy (non-hydrogen) atoms. The molecule has 0 radical (unpaired) electrons. The summed E-state index contributed by atoms with van der Waals surface area (Å²) in [6, 6.07) is 5.85. The Morgan fingerprint density at radius 3 is 2.47 bits per heavy atom. The van der Waals surface area contributed by atoms with E-state index >= 15 is 0 Å². The number of amides is 1. The molecular formula is C21H20ClF3N4O. The molecule has 0 spiro atoms. The molecule has 3 atom stereocenters. The van der Waals surface area contributed by atoms with Crippen LogP contribution in [0, 0.1) is 11.8 Å². The van der Waals surface area contributed by atoms with Crippen molar-refractivity contribution in [2.45, 2.75) is 37.8 Å². The maximum Gasteiger partial charge on any atom is 0.416 e. The van der Waals surface area contributed by atoms with Crippen molar-refractivity contribution >= 4 is 23.7 Å². The third-order valence-corrected chi connectivity index (χ3v) is 6.85. The number of likely N-dealkylation sites (tertiary alicyclic amines) is 1. The number of allylic oxidation sites excluding steroid dienone is 1. The highest BCUT2D eigenvalue weighted by Crippen LogP contribution is 2.49. The van der Waals surface area contributed by atoms with E-state index in [0.717, 1.165) is 6.07 Å². The molecule has 5 nitrogen and oxygen atoms in total. The van der Waals surface area contributed by atoms with Crippen LogP contribution in [-0.4, -0.2) is 38.7 Å². The van der Waals surface area contributed by atoms with E-state index in [9.17, 15) is 18.0 Å². The van der Waals surface area contributed by atoms with Crippen molar-refractivity contribution in [3.63, 3.8) is 0 Å². The molecule has 1 saturated carbocycles. The van der Waals surface area contributed by atoms with Crippen LogP contribution in [0.15, 0.2) is 29.3 Å². The summed E-state index contributed by atoms with van der Waals surface area (Å²) < 4.78 is 41.9. The van der Waals surface area contributed by atoms with Crippen LogP contribution >= 0.6 is 11.6 Å². The predicted molar refractivity (Wildman–Crippen MR) is 105 cm³/mol. The fourth-order valence-corrected chi connectivity index (χ4v) is 5.38. The number of hydrogen-bond acceptors (Lipinski definition) is 3. The monoisotopic (exact) mass is 436 g/mol. The molecule has 2 aliphatic heterocycles. The van der Waals surface area contributed by atoms with Crippen molar-refractivity contribution in [1.29, 1.82) is 0 Å². The van der Waals surface area contributed by atoms with Gasteiger partial charge in [0.15, 0.2) is 0 Å². The van der Waals surface area contributed by atoms with Gasteiger partial charge in [-0.25, -0.2) is 0 Å². The van der Waals surface area contributed by atoms with E-state index in [1.54, 1.807) is 27.8 Å². The fraction of sp³-hybridized carbons (Fsp3) is 0.476. The van der Waals surface area contributed by atoms with Crippen LogP contribution in [0.25, 0.3) is 6.20 Å². The van der Waals surface area contributed by atoms with E-state index in [1.807, 2.05) is 0 Å². The first kappa shape index (κ1) is 19.6. The fourth-order valence-electron chi connectivity index (χ4n) is 5.18. The van der Waals surface area contributed by atoms with E-state index < -0.39 is 11.7 Å². The van der Waals surface area contributed by atoms with Crippen molar-refractivity contribution in [2.24, 2.45) is 11.8 Å². The summed E-state index contributed by atoms with van der Waals surface area (Å²) in [5.74, 6) is 1.04. The number of carbonyl (C=O) groups excluding carboxylic acids is 1. The summed E-state index contributed by atoms with van der Waals surface area (Å²) in [7, 11) is 0. The maximum absolute atomic E-state index is 13.4. The maximum atomic E-state index is 13.4. The van der Waals surface area contributed by atoms with Crippen molar-refractivity contribution in [3.05, 3.63) is 52.1 Å². The van der Waals surface area contributed by atoms with Gasteiger partial charge in [-0.15, -0.1) is 10.2 Å². The van der Waals surface area contributed by atoms with E-state index in [1.165, 1.54) is 6.07 Å². The Labute approximate surface area is 176 Å². The van der Waals surface area contributed by atoms with Crippen LogP contribution in [-0.2, 0) is 12.6 Å². The highest BCUT2D eigenvalue weighted by atomic mass is 35.5. The minimum atomic E-state index is -4.35. The Balaban J connectivity index is 1.31. The van der Waals surface area contributed by atoms with Gasteiger partial charge in [-0.05, 0) is 48.6 Å². The summed E-state index contributed by atoms with van der Waals surface area (Å²) in [5.41, 5.74) is -0.162. The van der Waals surface area contributed by atoms with Gasteiger partial charge < -0.3 is 4.90 Å². The van der Waals surface area contributed by atoms with Gasteiger partial charge in [0.05, 0.1) is 5.56 Å². The Hall–Kier alpha value is -2.35. The van der Waals surface area contributed by atoms with E-state index in [2.05, 4.69) is 10.2 Å². The molecule has 5 rings (SSSR count). The summed E-state index contributed by atoms with van der Waals surface area (Å²) in [6.07, 6.45) is -0.0212. The quantitative estimate of drug-likeness (QED) is 0.694. The second kappa shape index (κ2) is 7.11. The molecule has 1 aromatic carbocycles. The Bertz CT molecular complexity index is 1020. The molecule has 3 heterocycles. The summed E-state index contributed by atoms with van der Waals surface area (Å²) >= 11 is 6.11. The van der Waals surface area contributed by atoms with Crippen molar-refractivity contribution in [1.82, 2.24) is 19.7 Å². The van der Waals surface area contributed by atoms with Crippen molar-refractivity contribution in [3.8, 4) is 0 Å².